The van der Waals surface area contributed by atoms with Gasteiger partial charge in [0.2, 0.25) is 5.88 Å². The van der Waals surface area contributed by atoms with Gasteiger partial charge in [-0.15, -0.1) is 24.0 Å². The fraction of sp³-hybridized carbons (Fsp3) is 0.684. The Labute approximate surface area is 197 Å². The third-order valence-corrected chi connectivity index (χ3v) is 5.54. The van der Waals surface area contributed by atoms with Crippen molar-refractivity contribution in [3.05, 3.63) is 22.8 Å². The van der Waals surface area contributed by atoms with Crippen LogP contribution in [0.5, 0.6) is 5.88 Å². The van der Waals surface area contributed by atoms with Gasteiger partial charge < -0.3 is 19.9 Å². The van der Waals surface area contributed by atoms with Crippen molar-refractivity contribution in [1.82, 2.24) is 20.1 Å². The van der Waals surface area contributed by atoms with Crippen LogP contribution in [-0.4, -0.2) is 73.7 Å². The van der Waals surface area contributed by atoms with E-state index in [1.807, 2.05) is 0 Å². The number of hydrogen-bond donors (Lipinski definition) is 1. The van der Waals surface area contributed by atoms with Crippen LogP contribution >= 0.6 is 35.6 Å². The Morgan fingerprint density at radius 1 is 1.33 bits per heavy atom. The molecule has 2 fully saturated rings. The van der Waals surface area contributed by atoms with Gasteiger partial charge in [0.15, 0.2) is 5.96 Å². The molecule has 0 saturated carbocycles. The highest BCUT2D eigenvalue weighted by molar-refractivity contribution is 14.0. The largest absolute Gasteiger partial charge is 0.475 e. The summed E-state index contributed by atoms with van der Waals surface area (Å²) in [4.78, 5) is 12.8. The highest BCUT2D eigenvalue weighted by Gasteiger charge is 2.32. The Hall–Kier alpha value is -1.01. The van der Waals surface area contributed by atoms with Gasteiger partial charge in [0.05, 0.1) is 12.1 Å². The summed E-state index contributed by atoms with van der Waals surface area (Å²) < 4.78 is 43.4. The van der Waals surface area contributed by atoms with Crippen molar-refractivity contribution in [2.45, 2.75) is 25.4 Å². The van der Waals surface area contributed by atoms with E-state index in [1.165, 1.54) is 25.9 Å². The summed E-state index contributed by atoms with van der Waals surface area (Å²) in [5.41, 5.74) is -0.897. The van der Waals surface area contributed by atoms with E-state index in [-0.39, 0.29) is 41.5 Å². The molecule has 2 aliphatic heterocycles. The van der Waals surface area contributed by atoms with Crippen LogP contribution in [0.25, 0.3) is 0 Å². The maximum Gasteiger partial charge on any atom is 0.417 e. The van der Waals surface area contributed by atoms with Crippen LogP contribution in [0.4, 0.5) is 13.2 Å². The molecule has 2 saturated heterocycles. The predicted molar refractivity (Wildman–Crippen MR) is 122 cm³/mol. The lowest BCUT2D eigenvalue weighted by molar-refractivity contribution is -0.137. The van der Waals surface area contributed by atoms with Crippen LogP contribution in [0.2, 0.25) is 5.02 Å². The van der Waals surface area contributed by atoms with E-state index in [0.29, 0.717) is 12.5 Å². The molecule has 3 heterocycles. The molecule has 0 aromatic carbocycles. The van der Waals surface area contributed by atoms with Crippen LogP contribution in [0.1, 0.15) is 24.8 Å². The molecule has 0 aliphatic carbocycles. The Kier molecular flexibility index (Phi) is 9.73. The monoisotopic (exact) mass is 561 g/mol. The quantitative estimate of drug-likeness (QED) is 0.248. The number of aliphatic imine (C=N–C) groups is 1. The second kappa shape index (κ2) is 11.6. The number of rotatable bonds is 6. The molecular weight excluding hydrogens is 534 g/mol. The summed E-state index contributed by atoms with van der Waals surface area (Å²) in [6.07, 6.45) is -0.00237. The zero-order valence-corrected chi connectivity index (χ0v) is 20.0. The Morgan fingerprint density at radius 3 is 2.70 bits per heavy atom. The van der Waals surface area contributed by atoms with E-state index >= 15 is 0 Å². The van der Waals surface area contributed by atoms with Crippen LogP contribution in [0.15, 0.2) is 17.3 Å². The molecule has 1 aromatic rings. The first-order valence-corrected chi connectivity index (χ1v) is 10.3. The molecule has 0 radical (unpaired) electrons. The Bertz CT molecular complexity index is 716. The van der Waals surface area contributed by atoms with Gasteiger partial charge in [0.1, 0.15) is 11.6 Å². The van der Waals surface area contributed by atoms with Gasteiger partial charge in [0, 0.05) is 32.9 Å². The number of pyridine rings is 1. The summed E-state index contributed by atoms with van der Waals surface area (Å²) in [5.74, 6) is 1.45. The topological polar surface area (TPSA) is 53.0 Å². The molecule has 1 unspecified atom stereocenters. The van der Waals surface area contributed by atoms with Crippen molar-refractivity contribution in [1.29, 1.82) is 0 Å². The van der Waals surface area contributed by atoms with Gasteiger partial charge >= 0.3 is 6.18 Å². The number of nitrogens with one attached hydrogen (secondary N) is 1. The summed E-state index contributed by atoms with van der Waals surface area (Å²) in [7, 11) is 1.74. The molecule has 0 bridgehead atoms. The lowest BCUT2D eigenvalue weighted by atomic mass is 10.1. The number of aromatic nitrogens is 1. The molecule has 3 rings (SSSR count). The molecule has 170 valence electrons. The molecule has 1 N–H and O–H groups in total. The van der Waals surface area contributed by atoms with Crippen molar-refractivity contribution in [2.75, 3.05) is 52.9 Å². The first-order valence-electron chi connectivity index (χ1n) is 9.90. The highest BCUT2D eigenvalue weighted by Crippen LogP contribution is 2.33. The number of halogens is 5. The maximum atomic E-state index is 12.7. The summed E-state index contributed by atoms with van der Waals surface area (Å²) in [5, 5.41) is 3.08. The van der Waals surface area contributed by atoms with E-state index < -0.39 is 11.7 Å². The SMILES string of the molecule is CN=C(NCCOc1ncc(C(F)(F)F)cc1Cl)N1CCC(CN2CCCC2)C1.I. The van der Waals surface area contributed by atoms with Gasteiger partial charge in [-0.1, -0.05) is 11.6 Å². The maximum absolute atomic E-state index is 12.7. The van der Waals surface area contributed by atoms with E-state index in [9.17, 15) is 13.2 Å². The lowest BCUT2D eigenvalue weighted by Gasteiger charge is -2.23. The summed E-state index contributed by atoms with van der Waals surface area (Å²) >= 11 is 5.85. The molecule has 0 spiro atoms. The van der Waals surface area contributed by atoms with Crippen LogP contribution in [0, 0.1) is 5.92 Å². The molecule has 11 heteroatoms. The number of nitrogens with zero attached hydrogens (tertiary/aromatic N) is 4. The van der Waals surface area contributed by atoms with Crippen molar-refractivity contribution in [3.8, 4) is 5.88 Å². The fourth-order valence-electron chi connectivity index (χ4n) is 3.83. The second-order valence-electron chi connectivity index (χ2n) is 7.44. The molecule has 1 aromatic heterocycles. The smallest absolute Gasteiger partial charge is 0.417 e. The molecule has 2 aliphatic rings. The number of ether oxygens (including phenoxy) is 1. The van der Waals surface area contributed by atoms with Crippen molar-refractivity contribution in [3.63, 3.8) is 0 Å². The van der Waals surface area contributed by atoms with Crippen LogP contribution < -0.4 is 10.1 Å². The minimum Gasteiger partial charge on any atom is -0.475 e. The zero-order chi connectivity index (χ0) is 20.9. The van der Waals surface area contributed by atoms with E-state index in [1.54, 1.807) is 7.05 Å². The van der Waals surface area contributed by atoms with E-state index in [0.717, 1.165) is 44.3 Å². The van der Waals surface area contributed by atoms with Crippen molar-refractivity contribution < 1.29 is 17.9 Å². The van der Waals surface area contributed by atoms with Gasteiger partial charge in [-0.25, -0.2) is 4.98 Å². The normalized spacial score (nSPS) is 20.4. The first kappa shape index (κ1) is 25.3. The number of likely N-dealkylation sites (tertiary alicyclic amines) is 2. The van der Waals surface area contributed by atoms with Crippen LogP contribution in [0.3, 0.4) is 0 Å². The predicted octanol–water partition coefficient (Wildman–Crippen LogP) is 3.74. The second-order valence-corrected chi connectivity index (χ2v) is 7.85. The first-order chi connectivity index (χ1) is 13.9. The third kappa shape index (κ3) is 7.01. The average Bonchev–Trinajstić information content (AvgIpc) is 3.35. The molecule has 0 amide bonds. The van der Waals surface area contributed by atoms with Crippen LogP contribution in [-0.2, 0) is 6.18 Å². The van der Waals surface area contributed by atoms with Gasteiger partial charge in [-0.3, -0.25) is 4.99 Å². The van der Waals surface area contributed by atoms with Crippen molar-refractivity contribution >= 4 is 41.5 Å². The molecule has 30 heavy (non-hydrogen) atoms. The molecule has 6 nitrogen and oxygen atoms in total. The Morgan fingerprint density at radius 2 is 2.07 bits per heavy atom. The number of hydrogen-bond acceptors (Lipinski definition) is 4. The molecular formula is C19H28ClF3IN5O. The highest BCUT2D eigenvalue weighted by atomic mass is 127. The Balaban J connectivity index is 0.00000320. The third-order valence-electron chi connectivity index (χ3n) is 5.27. The number of alkyl halides is 3. The summed E-state index contributed by atoms with van der Waals surface area (Å²) in [6, 6.07) is 0.820. The lowest BCUT2D eigenvalue weighted by Crippen LogP contribution is -2.42. The van der Waals surface area contributed by atoms with Gasteiger partial charge in [-0.05, 0) is 44.3 Å². The van der Waals surface area contributed by atoms with E-state index in [2.05, 4.69) is 25.1 Å². The fourth-order valence-corrected chi connectivity index (χ4v) is 4.05. The number of guanidine groups is 1. The average molecular weight is 562 g/mol. The summed E-state index contributed by atoms with van der Waals surface area (Å²) in [6.45, 7) is 6.16. The standard InChI is InChI=1S/C19H27ClF3N5O.HI/c1-24-18(28-8-4-14(13-28)12-27-6-2-3-7-27)25-5-9-29-17-16(20)10-15(11-26-17)19(21,22)23;/h10-11,14H,2-9,12-13H2,1H3,(H,24,25);1H. The minimum atomic E-state index is -4.48. The van der Waals surface area contributed by atoms with Gasteiger partial charge in [0.25, 0.3) is 0 Å². The van der Waals surface area contributed by atoms with E-state index in [4.69, 9.17) is 16.3 Å². The van der Waals surface area contributed by atoms with Gasteiger partial charge in [-0.2, -0.15) is 13.2 Å². The minimum absolute atomic E-state index is 0. The zero-order valence-electron chi connectivity index (χ0n) is 16.9. The van der Waals surface area contributed by atoms with Crippen molar-refractivity contribution in [2.24, 2.45) is 10.9 Å². The molecule has 1 atom stereocenters.